The van der Waals surface area contributed by atoms with E-state index >= 15 is 0 Å². The molecular weight excluding hydrogens is 486 g/mol. The fourth-order valence-corrected chi connectivity index (χ4v) is 8.61. The quantitative estimate of drug-likeness (QED) is 0.220. The molecule has 11 heteroatoms. The molecule has 0 aromatic carbocycles. The highest BCUT2D eigenvalue weighted by Gasteiger charge is 2.45. The summed E-state index contributed by atoms with van der Waals surface area (Å²) in [6, 6.07) is 0.307. The second kappa shape index (κ2) is 15.6. The van der Waals surface area contributed by atoms with Crippen molar-refractivity contribution in [2.24, 2.45) is 39.9 Å². The molecule has 0 saturated heterocycles. The molecule has 208 valence electrons. The van der Waals surface area contributed by atoms with Crippen molar-refractivity contribution in [3.63, 3.8) is 0 Å². The zero-order valence-corrected chi connectivity index (χ0v) is 24.2. The zero-order valence-electron chi connectivity index (χ0n) is 22.5. The van der Waals surface area contributed by atoms with Gasteiger partial charge in [-0.25, -0.2) is 8.42 Å². The highest BCUT2D eigenvalue weighted by atomic mass is 32.2. The normalized spacial score (nSPS) is 33.9. The molecule has 0 aromatic heterocycles. The molecule has 0 heterocycles. The predicted molar refractivity (Wildman–Crippen MR) is 148 cm³/mol. The number of hydrogen-bond acceptors (Lipinski definition) is 8. The van der Waals surface area contributed by atoms with Crippen LogP contribution < -0.4 is 21.9 Å². The molecule has 0 bridgehead atoms. The fraction of sp³-hybridized carbons (Fsp3) is 0.958. The minimum atomic E-state index is -3.54. The predicted octanol–water partition coefficient (Wildman–Crippen LogP) is 2.02. The SMILES string of the molecule is CC(SC1CCCCC1N)C(O)CN.CCCN=C(N)NS(=O)(=O)C1C(C)CC(OC)C(C)C1C. The van der Waals surface area contributed by atoms with Crippen LogP contribution in [-0.4, -0.2) is 73.7 Å². The number of aliphatic hydroxyl groups excluding tert-OH is 1. The van der Waals surface area contributed by atoms with Gasteiger partial charge in [0.1, 0.15) is 0 Å². The Morgan fingerprint density at radius 2 is 1.86 bits per heavy atom. The molecule has 2 aliphatic carbocycles. The van der Waals surface area contributed by atoms with E-state index in [1.54, 1.807) is 18.9 Å². The molecule has 0 aromatic rings. The van der Waals surface area contributed by atoms with Gasteiger partial charge in [-0.3, -0.25) is 9.71 Å². The van der Waals surface area contributed by atoms with Gasteiger partial charge in [-0.05, 0) is 43.4 Å². The molecule has 0 amide bonds. The molecule has 0 radical (unpaired) electrons. The van der Waals surface area contributed by atoms with Crippen molar-refractivity contribution in [1.82, 2.24) is 4.72 Å². The Labute approximate surface area is 217 Å². The maximum Gasteiger partial charge on any atom is 0.238 e. The Morgan fingerprint density at radius 3 is 2.40 bits per heavy atom. The molecule has 35 heavy (non-hydrogen) atoms. The highest BCUT2D eigenvalue weighted by Crippen LogP contribution is 2.38. The van der Waals surface area contributed by atoms with Gasteiger partial charge in [-0.2, -0.15) is 11.8 Å². The third-order valence-electron chi connectivity index (χ3n) is 7.44. The zero-order chi connectivity index (χ0) is 26.8. The number of aliphatic hydroxyl groups is 1. The Hall–Kier alpha value is -0.590. The van der Waals surface area contributed by atoms with Crippen molar-refractivity contribution in [2.75, 3.05) is 20.2 Å². The van der Waals surface area contributed by atoms with Gasteiger partial charge in [-0.1, -0.05) is 47.5 Å². The number of thioether (sulfide) groups is 1. The fourth-order valence-electron chi connectivity index (χ4n) is 5.10. The lowest BCUT2D eigenvalue weighted by Gasteiger charge is -2.42. The minimum absolute atomic E-state index is 0.00447. The number of rotatable bonds is 9. The molecule has 8 N–H and O–H groups in total. The van der Waals surface area contributed by atoms with Crippen LogP contribution >= 0.6 is 11.8 Å². The summed E-state index contributed by atoms with van der Waals surface area (Å²) in [7, 11) is -1.85. The molecular formula is C24H51N5O4S2. The molecule has 0 spiro atoms. The maximum atomic E-state index is 12.6. The summed E-state index contributed by atoms with van der Waals surface area (Å²) in [6.45, 7) is 10.8. The smallest absolute Gasteiger partial charge is 0.238 e. The first kappa shape index (κ1) is 32.4. The van der Waals surface area contributed by atoms with Crippen molar-refractivity contribution >= 4 is 27.7 Å². The highest BCUT2D eigenvalue weighted by molar-refractivity contribution is 8.00. The summed E-state index contributed by atoms with van der Waals surface area (Å²) < 4.78 is 33.1. The largest absolute Gasteiger partial charge is 0.391 e. The van der Waals surface area contributed by atoms with E-state index in [1.165, 1.54) is 19.3 Å². The van der Waals surface area contributed by atoms with Gasteiger partial charge >= 0.3 is 0 Å². The number of aliphatic imine (C=N–C) groups is 1. The van der Waals surface area contributed by atoms with Gasteiger partial charge in [0, 0.05) is 36.7 Å². The molecule has 9 atom stereocenters. The number of guanidine groups is 1. The molecule has 2 aliphatic rings. The van der Waals surface area contributed by atoms with Gasteiger partial charge in [-0.15, -0.1) is 0 Å². The summed E-state index contributed by atoms with van der Waals surface area (Å²) in [5.41, 5.74) is 17.1. The van der Waals surface area contributed by atoms with E-state index in [2.05, 4.69) is 9.71 Å². The lowest BCUT2D eigenvalue weighted by atomic mass is 9.74. The lowest BCUT2D eigenvalue weighted by Crippen LogP contribution is -2.53. The van der Waals surface area contributed by atoms with Gasteiger partial charge < -0.3 is 27.0 Å². The Balaban J connectivity index is 0.000000379. The molecule has 2 rings (SSSR count). The number of methoxy groups -OCH3 is 1. The van der Waals surface area contributed by atoms with Crippen LogP contribution in [0.4, 0.5) is 0 Å². The molecule has 0 aliphatic heterocycles. The topological polar surface area (TPSA) is 166 Å². The van der Waals surface area contributed by atoms with E-state index < -0.39 is 21.4 Å². The van der Waals surface area contributed by atoms with Gasteiger partial charge in [0.05, 0.1) is 17.5 Å². The van der Waals surface area contributed by atoms with Gasteiger partial charge in [0.2, 0.25) is 16.0 Å². The van der Waals surface area contributed by atoms with Crippen LogP contribution in [0.25, 0.3) is 0 Å². The van der Waals surface area contributed by atoms with E-state index in [4.69, 9.17) is 21.9 Å². The average molecular weight is 538 g/mol. The van der Waals surface area contributed by atoms with E-state index in [0.29, 0.717) is 24.4 Å². The maximum absolute atomic E-state index is 12.6. The third kappa shape index (κ3) is 10.0. The first-order valence-electron chi connectivity index (χ1n) is 13.0. The first-order chi connectivity index (χ1) is 16.4. The van der Waals surface area contributed by atoms with Crippen LogP contribution in [0.2, 0.25) is 0 Å². The summed E-state index contributed by atoms with van der Waals surface area (Å²) in [6.07, 6.45) is 6.12. The van der Waals surface area contributed by atoms with E-state index in [9.17, 15) is 13.5 Å². The van der Waals surface area contributed by atoms with Crippen LogP contribution in [0.5, 0.6) is 0 Å². The number of nitrogens with zero attached hydrogens (tertiary/aromatic N) is 1. The van der Waals surface area contributed by atoms with Crippen LogP contribution in [-0.2, 0) is 14.8 Å². The first-order valence-corrected chi connectivity index (χ1v) is 15.5. The van der Waals surface area contributed by atoms with Crippen LogP contribution in [0.3, 0.4) is 0 Å². The van der Waals surface area contributed by atoms with Crippen LogP contribution in [0, 0.1) is 17.8 Å². The van der Waals surface area contributed by atoms with E-state index in [-0.39, 0.29) is 35.1 Å². The Morgan fingerprint density at radius 1 is 1.23 bits per heavy atom. The summed E-state index contributed by atoms with van der Waals surface area (Å²) in [4.78, 5) is 4.00. The van der Waals surface area contributed by atoms with Crippen molar-refractivity contribution in [1.29, 1.82) is 0 Å². The van der Waals surface area contributed by atoms with Crippen molar-refractivity contribution < 1.29 is 18.3 Å². The summed E-state index contributed by atoms with van der Waals surface area (Å²) in [5, 5.41) is 9.80. The van der Waals surface area contributed by atoms with E-state index in [0.717, 1.165) is 19.3 Å². The summed E-state index contributed by atoms with van der Waals surface area (Å²) >= 11 is 1.81. The van der Waals surface area contributed by atoms with Crippen LogP contribution in [0.15, 0.2) is 4.99 Å². The Kier molecular flexibility index (Phi) is 14.5. The number of nitrogens with two attached hydrogens (primary N) is 3. The van der Waals surface area contributed by atoms with Crippen molar-refractivity contribution in [3.05, 3.63) is 0 Å². The number of nitrogens with one attached hydrogen (secondary N) is 1. The number of sulfonamides is 1. The number of hydrogen-bond donors (Lipinski definition) is 5. The molecule has 2 saturated carbocycles. The lowest BCUT2D eigenvalue weighted by molar-refractivity contribution is -0.00789. The monoisotopic (exact) mass is 537 g/mol. The molecule has 9 nitrogen and oxygen atoms in total. The van der Waals surface area contributed by atoms with E-state index in [1.807, 2.05) is 34.6 Å². The molecule has 2 fully saturated rings. The second-order valence-corrected chi connectivity index (χ2v) is 13.7. The standard InChI is InChI=1S/C14H29N3O3S.C10H22N2OS/c1-6-7-16-14(15)17-21(18,19)13-9(2)8-12(20-5)10(3)11(13)4;1-7(9(13)6-11)14-10-5-3-2-4-8(10)12/h9-13H,6-8H2,1-5H3,(H3,15,16,17);7-10,13H,2-6,11-12H2,1H3. The van der Waals surface area contributed by atoms with Crippen LogP contribution in [0.1, 0.15) is 73.1 Å². The van der Waals surface area contributed by atoms with Crippen molar-refractivity contribution in [2.45, 2.75) is 107 Å². The summed E-state index contributed by atoms with van der Waals surface area (Å²) in [5.74, 6) is 0.173. The second-order valence-electron chi connectivity index (χ2n) is 10.2. The van der Waals surface area contributed by atoms with Gasteiger partial charge in [0.25, 0.3) is 0 Å². The minimum Gasteiger partial charge on any atom is -0.391 e. The average Bonchev–Trinajstić information content (AvgIpc) is 2.80. The third-order valence-corrected chi connectivity index (χ3v) is 11.2. The molecule has 9 unspecified atom stereocenters. The Bertz CT molecular complexity index is 739. The van der Waals surface area contributed by atoms with Crippen molar-refractivity contribution in [3.8, 4) is 0 Å². The number of ether oxygens (including phenoxy) is 1. The van der Waals surface area contributed by atoms with Gasteiger partial charge in [0.15, 0.2) is 0 Å².